The molecule has 0 fully saturated rings. The number of rotatable bonds is 8. The quantitative estimate of drug-likeness (QED) is 0.175. The molecule has 0 aliphatic heterocycles. The van der Waals surface area contributed by atoms with Crippen molar-refractivity contribution in [3.63, 3.8) is 0 Å². The topological polar surface area (TPSA) is 73.8 Å². The van der Waals surface area contributed by atoms with Crippen molar-refractivity contribution in [2.45, 2.75) is 0 Å². The van der Waals surface area contributed by atoms with Gasteiger partial charge in [-0.3, -0.25) is 0 Å². The molecule has 0 amide bonds. The van der Waals surface area contributed by atoms with Crippen LogP contribution in [0, 0.1) is 0 Å². The molecule has 0 heterocycles. The van der Waals surface area contributed by atoms with Crippen molar-refractivity contribution in [2.75, 3.05) is 56.9 Å². The zero-order valence-electron chi connectivity index (χ0n) is 24.9. The molecule has 0 aliphatic carbocycles. The van der Waals surface area contributed by atoms with Crippen molar-refractivity contribution in [3.05, 3.63) is 48.5 Å². The van der Waals surface area contributed by atoms with E-state index in [1.165, 1.54) is 0 Å². The van der Waals surface area contributed by atoms with Gasteiger partial charge >= 0.3 is 0 Å². The Morgan fingerprint density at radius 3 is 0.952 bits per heavy atom. The molecular weight excluding hydrogens is 536 g/mol. The monoisotopic (exact) mass is 568 g/mol. The van der Waals surface area contributed by atoms with Crippen molar-refractivity contribution >= 4 is 53.9 Å². The van der Waals surface area contributed by atoms with Crippen molar-refractivity contribution in [1.29, 1.82) is 0 Å². The van der Waals surface area contributed by atoms with Crippen LogP contribution in [-0.2, 0) is 0 Å². The Kier molecular flexibility index (Phi) is 6.77. The predicted molar refractivity (Wildman–Crippen MR) is 166 cm³/mol. The lowest BCUT2D eigenvalue weighted by atomic mass is 9.87. The van der Waals surface area contributed by atoms with E-state index >= 15 is 0 Å². The number of ether oxygens (including phenoxy) is 8. The first-order chi connectivity index (χ1) is 20.6. The van der Waals surface area contributed by atoms with Gasteiger partial charge in [-0.15, -0.1) is 0 Å². The third-order valence-corrected chi connectivity index (χ3v) is 7.96. The average molecular weight is 569 g/mol. The van der Waals surface area contributed by atoms with Crippen LogP contribution in [-0.4, -0.2) is 56.9 Å². The van der Waals surface area contributed by atoms with Crippen LogP contribution < -0.4 is 37.9 Å². The molecule has 6 rings (SSSR count). The fourth-order valence-electron chi connectivity index (χ4n) is 6.45. The van der Waals surface area contributed by atoms with Gasteiger partial charge in [0.25, 0.3) is 0 Å². The van der Waals surface area contributed by atoms with Crippen LogP contribution in [0.15, 0.2) is 48.5 Å². The maximum Gasteiger partial charge on any atom is 0.208 e. The second-order valence-electron chi connectivity index (χ2n) is 9.61. The fraction of sp³-hybridized carbons (Fsp3) is 0.235. The molecule has 0 atom stereocenters. The molecule has 0 radical (unpaired) electrons. The molecule has 6 aromatic carbocycles. The molecule has 6 aromatic rings. The van der Waals surface area contributed by atoms with E-state index in [0.29, 0.717) is 62.2 Å². The molecule has 42 heavy (non-hydrogen) atoms. The summed E-state index contributed by atoms with van der Waals surface area (Å²) in [4.78, 5) is 0. The van der Waals surface area contributed by atoms with Crippen molar-refractivity contribution in [2.24, 2.45) is 0 Å². The van der Waals surface area contributed by atoms with Gasteiger partial charge in [-0.05, 0) is 21.5 Å². The molecule has 0 N–H and O–H groups in total. The molecular formula is C34H32O8. The zero-order valence-corrected chi connectivity index (χ0v) is 24.9. The number of hydrogen-bond acceptors (Lipinski definition) is 8. The first kappa shape index (κ1) is 27.2. The Balaban J connectivity index is 2.14. The third-order valence-electron chi connectivity index (χ3n) is 7.96. The van der Waals surface area contributed by atoms with Gasteiger partial charge in [0.15, 0.2) is 34.5 Å². The molecule has 0 saturated carbocycles. The predicted octanol–water partition coefficient (Wildman–Crippen LogP) is 7.52. The summed E-state index contributed by atoms with van der Waals surface area (Å²) in [6.45, 7) is 0. The summed E-state index contributed by atoms with van der Waals surface area (Å²) < 4.78 is 48.4. The Labute approximate surface area is 243 Å². The van der Waals surface area contributed by atoms with E-state index in [9.17, 15) is 0 Å². The van der Waals surface area contributed by atoms with E-state index in [0.717, 1.165) is 37.7 Å². The SMILES string of the molecule is COc1c(OC)c(OC)c2c(c1OC)c(OC)c(OC)c1c2c(OC)c(OC)c2c3ccccc3c3ccccc3c21. The molecule has 0 aromatic heterocycles. The second-order valence-corrected chi connectivity index (χ2v) is 9.61. The number of fused-ring (bicyclic) bond motifs is 10. The highest BCUT2D eigenvalue weighted by atomic mass is 16.5. The average Bonchev–Trinajstić information content (AvgIpc) is 3.04. The summed E-state index contributed by atoms with van der Waals surface area (Å²) in [5.74, 6) is 3.55. The van der Waals surface area contributed by atoms with Gasteiger partial charge in [0.1, 0.15) is 0 Å². The van der Waals surface area contributed by atoms with E-state index in [2.05, 4.69) is 24.3 Å². The highest BCUT2D eigenvalue weighted by Gasteiger charge is 2.34. The summed E-state index contributed by atoms with van der Waals surface area (Å²) in [5.41, 5.74) is 0. The normalized spacial score (nSPS) is 11.3. The van der Waals surface area contributed by atoms with E-state index in [-0.39, 0.29) is 0 Å². The molecule has 8 heteroatoms. The Morgan fingerprint density at radius 2 is 0.524 bits per heavy atom. The molecule has 8 nitrogen and oxygen atoms in total. The number of benzene rings is 6. The van der Waals surface area contributed by atoms with Gasteiger partial charge < -0.3 is 37.9 Å². The molecule has 0 unspecified atom stereocenters. The molecule has 0 bridgehead atoms. The molecule has 216 valence electrons. The van der Waals surface area contributed by atoms with Crippen molar-refractivity contribution in [1.82, 2.24) is 0 Å². The zero-order chi connectivity index (χ0) is 29.7. The molecule has 0 spiro atoms. The van der Waals surface area contributed by atoms with Crippen LogP contribution in [0.1, 0.15) is 0 Å². The first-order valence-electron chi connectivity index (χ1n) is 13.3. The number of hydrogen-bond donors (Lipinski definition) is 0. The lowest BCUT2D eigenvalue weighted by Crippen LogP contribution is -2.04. The summed E-state index contributed by atoms with van der Waals surface area (Å²) in [6.07, 6.45) is 0. The second kappa shape index (κ2) is 10.4. The van der Waals surface area contributed by atoms with Crippen LogP contribution >= 0.6 is 0 Å². The van der Waals surface area contributed by atoms with Crippen molar-refractivity contribution < 1.29 is 37.9 Å². The third kappa shape index (κ3) is 3.41. The van der Waals surface area contributed by atoms with Gasteiger partial charge in [-0.2, -0.15) is 0 Å². The smallest absolute Gasteiger partial charge is 0.208 e. The lowest BCUT2D eigenvalue weighted by Gasteiger charge is -2.26. The van der Waals surface area contributed by atoms with Gasteiger partial charge in [0, 0.05) is 26.9 Å². The van der Waals surface area contributed by atoms with Gasteiger partial charge in [-0.1, -0.05) is 48.5 Å². The Hall–Kier alpha value is -4.98. The highest BCUT2D eigenvalue weighted by Crippen LogP contribution is 2.62. The lowest BCUT2D eigenvalue weighted by molar-refractivity contribution is 0.308. The van der Waals surface area contributed by atoms with Gasteiger partial charge in [0.2, 0.25) is 11.5 Å². The van der Waals surface area contributed by atoms with E-state index in [4.69, 9.17) is 37.9 Å². The van der Waals surface area contributed by atoms with Crippen molar-refractivity contribution in [3.8, 4) is 46.0 Å². The van der Waals surface area contributed by atoms with Crippen LogP contribution in [0.25, 0.3) is 53.9 Å². The van der Waals surface area contributed by atoms with Crippen LogP contribution in [0.3, 0.4) is 0 Å². The van der Waals surface area contributed by atoms with E-state index in [1.807, 2.05) is 24.3 Å². The minimum absolute atomic E-state index is 0.354. The standard InChI is InChI=1S/C34H32O8/c1-35-27-22-20-16-12-10-14-18(20)17-13-9-11-15-19(17)21(22)23-24(29(27)37-3)25-26(31(39-5)28(23)36-2)32(40-6)34(42-8)33(41-7)30(25)38-4/h9-16H,1-8H3. The maximum atomic E-state index is 6.21. The maximum absolute atomic E-state index is 6.21. The summed E-state index contributed by atoms with van der Waals surface area (Å²) in [6, 6.07) is 16.6. The van der Waals surface area contributed by atoms with Gasteiger partial charge in [-0.25, -0.2) is 0 Å². The van der Waals surface area contributed by atoms with Crippen LogP contribution in [0.2, 0.25) is 0 Å². The van der Waals surface area contributed by atoms with E-state index in [1.54, 1.807) is 56.9 Å². The van der Waals surface area contributed by atoms with Gasteiger partial charge in [0.05, 0.1) is 62.3 Å². The van der Waals surface area contributed by atoms with Crippen LogP contribution in [0.5, 0.6) is 46.0 Å². The molecule has 0 saturated heterocycles. The largest absolute Gasteiger partial charge is 0.492 e. The fourth-order valence-corrected chi connectivity index (χ4v) is 6.45. The van der Waals surface area contributed by atoms with E-state index < -0.39 is 0 Å². The number of methoxy groups -OCH3 is 8. The van der Waals surface area contributed by atoms with Crippen LogP contribution in [0.4, 0.5) is 0 Å². The molecule has 0 aliphatic rings. The minimum atomic E-state index is 0.354. The summed E-state index contributed by atoms with van der Waals surface area (Å²) in [7, 11) is 12.8. The highest BCUT2D eigenvalue weighted by molar-refractivity contribution is 6.38. The Bertz CT molecular complexity index is 2030. The summed E-state index contributed by atoms with van der Waals surface area (Å²) >= 11 is 0. The first-order valence-corrected chi connectivity index (χ1v) is 13.3. The minimum Gasteiger partial charge on any atom is -0.492 e. The Morgan fingerprint density at radius 1 is 0.262 bits per heavy atom. The summed E-state index contributed by atoms with van der Waals surface area (Å²) in [5, 5.41) is 8.69.